The predicted molar refractivity (Wildman–Crippen MR) is 56.4 cm³/mol. The fourth-order valence-corrected chi connectivity index (χ4v) is 1.87. The van der Waals surface area contributed by atoms with Gasteiger partial charge >= 0.3 is 0 Å². The minimum atomic E-state index is -0.462. The number of hydrogen-bond donors (Lipinski definition) is 3. The second kappa shape index (κ2) is 4.15. The molecular formula is C11H11NO5. The largest absolute Gasteiger partial charge is 0.492 e. The Labute approximate surface area is 96.5 Å². The van der Waals surface area contributed by atoms with Gasteiger partial charge in [-0.2, -0.15) is 0 Å². The van der Waals surface area contributed by atoms with Gasteiger partial charge in [0, 0.05) is 17.3 Å². The number of carbonyl (C=O) groups excluding carboxylic acids is 2. The molecule has 2 rings (SSSR count). The van der Waals surface area contributed by atoms with Crippen molar-refractivity contribution in [3.8, 4) is 0 Å². The second-order valence-corrected chi connectivity index (χ2v) is 3.55. The SMILES string of the molecule is COC1=CC(=O)c2c([nH]c(CO)c2CO)C1=O. The lowest BCUT2D eigenvalue weighted by Gasteiger charge is -2.10. The van der Waals surface area contributed by atoms with Crippen LogP contribution in [0, 0.1) is 0 Å². The van der Waals surface area contributed by atoms with Gasteiger partial charge in [0.1, 0.15) is 5.69 Å². The van der Waals surface area contributed by atoms with E-state index in [1.54, 1.807) is 0 Å². The number of aromatic nitrogens is 1. The Bertz CT molecular complexity index is 526. The highest BCUT2D eigenvalue weighted by atomic mass is 16.5. The van der Waals surface area contributed by atoms with E-state index in [-0.39, 0.29) is 34.9 Å². The van der Waals surface area contributed by atoms with E-state index in [9.17, 15) is 14.7 Å². The number of methoxy groups -OCH3 is 1. The summed E-state index contributed by atoms with van der Waals surface area (Å²) in [5.41, 5.74) is 0.696. The standard InChI is InChI=1S/C11H11NO5/c1-17-8-2-7(15)9-5(3-13)6(4-14)12-10(9)11(8)16/h2,12-14H,3-4H2,1H3. The van der Waals surface area contributed by atoms with Crippen LogP contribution >= 0.6 is 0 Å². The summed E-state index contributed by atoms with van der Waals surface area (Å²) in [5, 5.41) is 18.3. The van der Waals surface area contributed by atoms with Crippen LogP contribution in [0.15, 0.2) is 11.8 Å². The summed E-state index contributed by atoms with van der Waals surface area (Å²) in [7, 11) is 1.30. The molecule has 1 aliphatic carbocycles. The number of Topliss-reactive ketones (excluding diaryl/α,β-unsaturated/α-hetero) is 1. The Morgan fingerprint density at radius 1 is 1.29 bits per heavy atom. The van der Waals surface area contributed by atoms with E-state index in [0.717, 1.165) is 6.08 Å². The van der Waals surface area contributed by atoms with Crippen LogP contribution in [-0.2, 0) is 18.0 Å². The van der Waals surface area contributed by atoms with Gasteiger partial charge in [-0.15, -0.1) is 0 Å². The Morgan fingerprint density at radius 2 is 2.00 bits per heavy atom. The molecule has 1 heterocycles. The third-order valence-electron chi connectivity index (χ3n) is 2.69. The lowest BCUT2D eigenvalue weighted by atomic mass is 9.96. The van der Waals surface area contributed by atoms with Crippen molar-refractivity contribution < 1.29 is 24.5 Å². The summed E-state index contributed by atoms with van der Waals surface area (Å²) in [6.45, 7) is -0.803. The van der Waals surface area contributed by atoms with Gasteiger partial charge in [-0.05, 0) is 0 Å². The zero-order valence-electron chi connectivity index (χ0n) is 9.11. The monoisotopic (exact) mass is 237 g/mol. The Morgan fingerprint density at radius 3 is 2.53 bits per heavy atom. The van der Waals surface area contributed by atoms with Gasteiger partial charge in [0.05, 0.1) is 25.9 Å². The molecular weight excluding hydrogens is 226 g/mol. The molecule has 0 aromatic carbocycles. The summed E-state index contributed by atoms with van der Waals surface area (Å²) in [4.78, 5) is 26.3. The molecule has 17 heavy (non-hydrogen) atoms. The first kappa shape index (κ1) is 11.6. The third-order valence-corrected chi connectivity index (χ3v) is 2.69. The van der Waals surface area contributed by atoms with Crippen LogP contribution in [0.5, 0.6) is 0 Å². The molecule has 0 radical (unpaired) electrons. The maximum absolute atomic E-state index is 11.9. The van der Waals surface area contributed by atoms with Crippen LogP contribution in [-0.4, -0.2) is 33.9 Å². The van der Waals surface area contributed by atoms with Gasteiger partial charge in [0.25, 0.3) is 0 Å². The highest BCUT2D eigenvalue weighted by Crippen LogP contribution is 2.27. The fourth-order valence-electron chi connectivity index (χ4n) is 1.87. The molecule has 0 bridgehead atoms. The topological polar surface area (TPSA) is 99.6 Å². The first-order valence-electron chi connectivity index (χ1n) is 4.94. The van der Waals surface area contributed by atoms with Gasteiger partial charge in [-0.3, -0.25) is 9.59 Å². The molecule has 90 valence electrons. The van der Waals surface area contributed by atoms with Crippen molar-refractivity contribution in [1.82, 2.24) is 4.98 Å². The fraction of sp³-hybridized carbons (Fsp3) is 0.273. The molecule has 0 atom stereocenters. The van der Waals surface area contributed by atoms with E-state index in [1.807, 2.05) is 0 Å². The summed E-state index contributed by atoms with van der Waals surface area (Å²) in [6.07, 6.45) is 1.08. The van der Waals surface area contributed by atoms with E-state index in [0.29, 0.717) is 0 Å². The Kier molecular flexibility index (Phi) is 2.83. The van der Waals surface area contributed by atoms with Crippen LogP contribution < -0.4 is 0 Å². The molecule has 0 amide bonds. The molecule has 0 aliphatic heterocycles. The lowest BCUT2D eigenvalue weighted by molar-refractivity contribution is 0.0912. The van der Waals surface area contributed by atoms with Gasteiger partial charge < -0.3 is 19.9 Å². The van der Waals surface area contributed by atoms with Crippen molar-refractivity contribution in [3.63, 3.8) is 0 Å². The minimum absolute atomic E-state index is 0.0577. The van der Waals surface area contributed by atoms with Crippen molar-refractivity contribution in [1.29, 1.82) is 0 Å². The molecule has 1 aromatic heterocycles. The summed E-state index contributed by atoms with van der Waals surface area (Å²) in [5.74, 6) is -0.939. The summed E-state index contributed by atoms with van der Waals surface area (Å²) in [6, 6.07) is 0. The maximum atomic E-state index is 11.9. The number of aliphatic hydroxyl groups excluding tert-OH is 2. The number of fused-ring (bicyclic) bond motifs is 1. The quantitative estimate of drug-likeness (QED) is 0.682. The number of ketones is 2. The number of hydrogen-bond acceptors (Lipinski definition) is 5. The predicted octanol–water partition coefficient (Wildman–Crippen LogP) is -0.0914. The molecule has 0 spiro atoms. The van der Waals surface area contributed by atoms with Crippen molar-refractivity contribution in [2.24, 2.45) is 0 Å². The average Bonchev–Trinajstić information content (AvgIpc) is 2.72. The van der Waals surface area contributed by atoms with Gasteiger partial charge in [0.2, 0.25) is 5.78 Å². The highest BCUT2D eigenvalue weighted by molar-refractivity contribution is 6.23. The van der Waals surface area contributed by atoms with E-state index in [1.165, 1.54) is 7.11 Å². The smallest absolute Gasteiger partial charge is 0.244 e. The first-order valence-corrected chi connectivity index (χ1v) is 4.94. The number of carbonyl (C=O) groups is 2. The molecule has 0 saturated heterocycles. The zero-order chi connectivity index (χ0) is 12.6. The van der Waals surface area contributed by atoms with Gasteiger partial charge in [0.15, 0.2) is 11.5 Å². The lowest BCUT2D eigenvalue weighted by Crippen LogP contribution is -2.18. The molecule has 1 aromatic rings. The van der Waals surface area contributed by atoms with Crippen molar-refractivity contribution in [2.45, 2.75) is 13.2 Å². The number of H-pyrrole nitrogens is 1. The van der Waals surface area contributed by atoms with Crippen LogP contribution in [0.25, 0.3) is 0 Å². The number of allylic oxidation sites excluding steroid dienone is 2. The van der Waals surface area contributed by atoms with Crippen LogP contribution in [0.2, 0.25) is 0 Å². The first-order chi connectivity index (χ1) is 8.13. The van der Waals surface area contributed by atoms with Gasteiger partial charge in [-0.1, -0.05) is 0 Å². The van der Waals surface area contributed by atoms with E-state index in [4.69, 9.17) is 9.84 Å². The number of nitrogens with one attached hydrogen (secondary N) is 1. The van der Waals surface area contributed by atoms with Crippen molar-refractivity contribution in [2.75, 3.05) is 7.11 Å². The van der Waals surface area contributed by atoms with E-state index in [2.05, 4.69) is 4.98 Å². The maximum Gasteiger partial charge on any atom is 0.244 e. The molecule has 6 heteroatoms. The van der Waals surface area contributed by atoms with Crippen molar-refractivity contribution >= 4 is 11.6 Å². The number of rotatable bonds is 3. The molecule has 0 fully saturated rings. The van der Waals surface area contributed by atoms with E-state index < -0.39 is 18.2 Å². The number of aliphatic hydroxyl groups is 2. The summed E-state index contributed by atoms with van der Waals surface area (Å²) < 4.78 is 4.79. The van der Waals surface area contributed by atoms with Crippen LogP contribution in [0.1, 0.15) is 32.1 Å². The number of aromatic amines is 1. The molecule has 0 saturated carbocycles. The zero-order valence-corrected chi connectivity index (χ0v) is 9.11. The Balaban J connectivity index is 2.64. The molecule has 0 unspecified atom stereocenters. The third kappa shape index (κ3) is 1.58. The second-order valence-electron chi connectivity index (χ2n) is 3.55. The molecule has 3 N–H and O–H groups in total. The normalized spacial score (nSPS) is 14.6. The van der Waals surface area contributed by atoms with Crippen LogP contribution in [0.4, 0.5) is 0 Å². The van der Waals surface area contributed by atoms with Gasteiger partial charge in [-0.25, -0.2) is 0 Å². The average molecular weight is 237 g/mol. The summed E-state index contributed by atoms with van der Waals surface area (Å²) >= 11 is 0. The molecule has 6 nitrogen and oxygen atoms in total. The Hall–Kier alpha value is -1.92. The molecule has 1 aliphatic rings. The van der Waals surface area contributed by atoms with Crippen molar-refractivity contribution in [3.05, 3.63) is 34.3 Å². The number of ether oxygens (including phenoxy) is 1. The minimum Gasteiger partial charge on any atom is -0.492 e. The van der Waals surface area contributed by atoms with Crippen LogP contribution in [0.3, 0.4) is 0 Å². The van der Waals surface area contributed by atoms with E-state index >= 15 is 0 Å². The highest BCUT2D eigenvalue weighted by Gasteiger charge is 2.32.